The number of hydrogen-bond donors (Lipinski definition) is 2. The van der Waals surface area contributed by atoms with E-state index in [1.165, 1.54) is 12.1 Å². The zero-order valence-electron chi connectivity index (χ0n) is 20.7. The van der Waals surface area contributed by atoms with E-state index in [1.807, 2.05) is 0 Å². The van der Waals surface area contributed by atoms with Gasteiger partial charge < -0.3 is 14.4 Å². The lowest BCUT2D eigenvalue weighted by atomic mass is 10.1. The molecule has 0 aliphatic heterocycles. The van der Waals surface area contributed by atoms with E-state index in [0.717, 1.165) is 44.2 Å². The van der Waals surface area contributed by atoms with Crippen LogP contribution in [0.15, 0.2) is 54.6 Å². The minimum atomic E-state index is -4.44. The highest BCUT2D eigenvalue weighted by atomic mass is 31.2. The molecule has 0 radical (unpaired) electrons. The summed E-state index contributed by atoms with van der Waals surface area (Å²) < 4.78 is 29.3. The lowest BCUT2D eigenvalue weighted by Crippen LogP contribution is -2.38. The highest BCUT2D eigenvalue weighted by Gasteiger charge is 2.35. The van der Waals surface area contributed by atoms with Crippen molar-refractivity contribution in [1.29, 1.82) is 0 Å². The summed E-state index contributed by atoms with van der Waals surface area (Å²) in [6, 6.07) is 11.9. The number of nitrogens with zero attached hydrogens (tertiary/aromatic N) is 1. The summed E-state index contributed by atoms with van der Waals surface area (Å²) in [4.78, 5) is 34.3. The van der Waals surface area contributed by atoms with Gasteiger partial charge in [-0.3, -0.25) is 19.4 Å². The Kier molecular flexibility index (Phi) is 12.8. The largest absolute Gasteiger partial charge is 0.480 e. The number of ether oxygens (including phenoxy) is 1. The van der Waals surface area contributed by atoms with Crippen LogP contribution in [0, 0.1) is 10.1 Å². The van der Waals surface area contributed by atoms with Crippen LogP contribution in [0.2, 0.25) is 0 Å². The molecule has 2 aromatic carbocycles. The highest BCUT2D eigenvalue weighted by molar-refractivity contribution is 7.52. The number of benzene rings is 2. The number of unbranched alkanes of at least 4 members (excludes halogenated alkanes) is 5. The molecule has 37 heavy (non-hydrogen) atoms. The number of carboxylic acid groups (broad SMARTS) is 1. The Bertz CT molecular complexity index is 1050. The molecule has 0 saturated carbocycles. The number of nitro groups is 1. The second-order valence-electron chi connectivity index (χ2n) is 8.31. The highest BCUT2D eigenvalue weighted by Crippen LogP contribution is 2.45. The van der Waals surface area contributed by atoms with Gasteiger partial charge in [0, 0.05) is 12.1 Å². The number of nitro benzene ring substituents is 1. The zero-order chi connectivity index (χ0) is 27.1. The van der Waals surface area contributed by atoms with Gasteiger partial charge in [-0.2, -0.15) is 5.09 Å². The first-order chi connectivity index (χ1) is 17.7. The van der Waals surface area contributed by atoms with Crippen molar-refractivity contribution in [3.63, 3.8) is 0 Å². The van der Waals surface area contributed by atoms with Crippen molar-refractivity contribution < 1.29 is 38.0 Å². The molecule has 0 aliphatic rings. The molecule has 202 valence electrons. The fourth-order valence-corrected chi connectivity index (χ4v) is 4.77. The number of non-ortho nitro benzene ring substituents is 1. The number of carbonyl (C=O) groups excluding carboxylic acids is 1. The Labute approximate surface area is 215 Å². The van der Waals surface area contributed by atoms with Crippen molar-refractivity contribution in [3.05, 3.63) is 70.3 Å². The van der Waals surface area contributed by atoms with Crippen LogP contribution in [0.1, 0.15) is 51.0 Å². The first-order valence-electron chi connectivity index (χ1n) is 12.1. The average Bonchev–Trinajstić information content (AvgIpc) is 2.87. The van der Waals surface area contributed by atoms with Crippen molar-refractivity contribution in [2.45, 2.75) is 57.9 Å². The van der Waals surface area contributed by atoms with Crippen LogP contribution in [0.5, 0.6) is 5.75 Å². The molecule has 0 amide bonds. The molecule has 0 aromatic heterocycles. The molecule has 0 saturated heterocycles. The maximum atomic E-state index is 13.5. The lowest BCUT2D eigenvalue weighted by molar-refractivity contribution is -0.384. The van der Waals surface area contributed by atoms with E-state index >= 15 is 0 Å². The number of esters is 1. The summed E-state index contributed by atoms with van der Waals surface area (Å²) in [6.07, 6.45) is 6.01. The molecule has 0 bridgehead atoms. The van der Waals surface area contributed by atoms with E-state index in [9.17, 15) is 29.4 Å². The van der Waals surface area contributed by atoms with Crippen LogP contribution in [0.3, 0.4) is 0 Å². The maximum Gasteiger partial charge on any atom is 0.460 e. The summed E-state index contributed by atoms with van der Waals surface area (Å²) in [6.45, 7) is 1.56. The molecule has 0 aliphatic carbocycles. The molecule has 0 fully saturated rings. The number of hydrogen-bond acceptors (Lipinski definition) is 8. The van der Waals surface area contributed by atoms with Crippen LogP contribution in [0.25, 0.3) is 0 Å². The van der Waals surface area contributed by atoms with Crippen LogP contribution in [-0.2, 0) is 29.8 Å². The Morgan fingerprint density at radius 3 is 2.30 bits per heavy atom. The molecule has 12 heteroatoms. The van der Waals surface area contributed by atoms with Gasteiger partial charge in [-0.25, -0.2) is 9.36 Å². The third kappa shape index (κ3) is 11.6. The Balaban J connectivity index is 2.05. The standard InChI is InChI=1S/C25H33N2O9P/c1-2-3-4-5-6-10-17-34-24(28)19-35-37(33,36-22-15-13-21(14-16-22)27(31)32)26-23(25(29)30)18-20-11-8-7-9-12-20/h7-9,11-16,23H,2-6,10,17-19H2,1H3,(H,26,33)(H,29,30). The third-order valence-electron chi connectivity index (χ3n) is 5.28. The predicted molar refractivity (Wildman–Crippen MR) is 136 cm³/mol. The van der Waals surface area contributed by atoms with Gasteiger partial charge in [0.25, 0.3) is 5.69 Å². The topological polar surface area (TPSA) is 154 Å². The van der Waals surface area contributed by atoms with E-state index in [-0.39, 0.29) is 24.5 Å². The van der Waals surface area contributed by atoms with Gasteiger partial charge in [0.15, 0.2) is 6.61 Å². The first kappa shape index (κ1) is 30.0. The average molecular weight is 537 g/mol. The smallest absolute Gasteiger partial charge is 0.460 e. The van der Waals surface area contributed by atoms with Gasteiger partial charge in [0.2, 0.25) is 0 Å². The molecular formula is C25H33N2O9P. The third-order valence-corrected chi connectivity index (χ3v) is 6.83. The van der Waals surface area contributed by atoms with Crippen molar-refractivity contribution in [3.8, 4) is 5.75 Å². The first-order valence-corrected chi connectivity index (χ1v) is 13.7. The van der Waals surface area contributed by atoms with Crippen molar-refractivity contribution in [2.75, 3.05) is 13.2 Å². The molecule has 2 atom stereocenters. The van der Waals surface area contributed by atoms with Gasteiger partial charge in [-0.05, 0) is 30.5 Å². The summed E-state index contributed by atoms with van der Waals surface area (Å²) in [5, 5.41) is 23.0. The van der Waals surface area contributed by atoms with E-state index in [0.29, 0.717) is 12.0 Å². The molecular weight excluding hydrogens is 503 g/mol. The Hall–Kier alpha value is -3.27. The fraction of sp³-hybridized carbons (Fsp3) is 0.440. The van der Waals surface area contributed by atoms with E-state index in [1.54, 1.807) is 30.3 Å². The molecule has 2 N–H and O–H groups in total. The SMILES string of the molecule is CCCCCCCCOC(=O)COP(=O)(NC(Cc1ccccc1)C(=O)O)Oc1ccc([N+](=O)[O-])cc1. The molecule has 2 rings (SSSR count). The molecule has 2 unspecified atom stereocenters. The van der Waals surface area contributed by atoms with Crippen molar-refractivity contribution in [1.82, 2.24) is 5.09 Å². The Morgan fingerprint density at radius 2 is 1.68 bits per heavy atom. The quantitative estimate of drug-likeness (QED) is 0.0844. The normalized spacial score (nSPS) is 13.3. The monoisotopic (exact) mass is 536 g/mol. The molecule has 0 heterocycles. The second-order valence-corrected chi connectivity index (χ2v) is 10.0. The zero-order valence-corrected chi connectivity index (χ0v) is 21.6. The van der Waals surface area contributed by atoms with E-state index in [2.05, 4.69) is 12.0 Å². The minimum absolute atomic E-state index is 0.0460. The van der Waals surface area contributed by atoms with Gasteiger partial charge >= 0.3 is 19.7 Å². The summed E-state index contributed by atoms with van der Waals surface area (Å²) in [5.41, 5.74) is 0.435. The maximum absolute atomic E-state index is 13.5. The van der Waals surface area contributed by atoms with Gasteiger partial charge in [-0.15, -0.1) is 0 Å². The van der Waals surface area contributed by atoms with Gasteiger partial charge in [0.05, 0.1) is 11.5 Å². The number of carbonyl (C=O) groups is 2. The number of nitrogens with one attached hydrogen (secondary N) is 1. The molecule has 2 aromatic rings. The summed E-state index contributed by atoms with van der Waals surface area (Å²) >= 11 is 0. The Morgan fingerprint density at radius 1 is 1.03 bits per heavy atom. The van der Waals surface area contributed by atoms with Crippen molar-refractivity contribution >= 4 is 25.4 Å². The summed E-state index contributed by atoms with van der Waals surface area (Å²) in [7, 11) is -4.44. The predicted octanol–water partition coefficient (Wildman–Crippen LogP) is 5.29. The fourth-order valence-electron chi connectivity index (χ4n) is 3.33. The van der Waals surface area contributed by atoms with Crippen LogP contribution >= 0.6 is 7.75 Å². The lowest BCUT2D eigenvalue weighted by Gasteiger charge is -2.23. The van der Waals surface area contributed by atoms with Gasteiger partial charge in [-0.1, -0.05) is 69.4 Å². The van der Waals surface area contributed by atoms with Crippen LogP contribution < -0.4 is 9.61 Å². The van der Waals surface area contributed by atoms with Crippen LogP contribution in [0.4, 0.5) is 5.69 Å². The van der Waals surface area contributed by atoms with Crippen LogP contribution in [-0.4, -0.2) is 41.2 Å². The number of carboxylic acids is 1. The van der Waals surface area contributed by atoms with E-state index < -0.39 is 37.3 Å². The molecule has 0 spiro atoms. The van der Waals surface area contributed by atoms with Crippen molar-refractivity contribution in [2.24, 2.45) is 0 Å². The summed E-state index contributed by atoms with van der Waals surface area (Å²) in [5.74, 6) is -2.17. The van der Waals surface area contributed by atoms with Gasteiger partial charge in [0.1, 0.15) is 11.8 Å². The van der Waals surface area contributed by atoms with E-state index in [4.69, 9.17) is 13.8 Å². The molecule has 11 nitrogen and oxygen atoms in total. The number of aliphatic carboxylic acids is 1. The number of rotatable bonds is 18. The minimum Gasteiger partial charge on any atom is -0.480 e. The second kappa shape index (κ2) is 15.8.